The molecule has 0 radical (unpaired) electrons. The highest BCUT2D eigenvalue weighted by Gasteiger charge is 2.18. The van der Waals surface area contributed by atoms with Crippen molar-refractivity contribution in [3.8, 4) is 22.9 Å². The maximum atomic E-state index is 13.4. The summed E-state index contributed by atoms with van der Waals surface area (Å²) in [7, 11) is 3.13. The number of ether oxygens (including phenoxy) is 2. The molecule has 3 aromatic carbocycles. The van der Waals surface area contributed by atoms with Crippen LogP contribution in [0.15, 0.2) is 81.2 Å². The summed E-state index contributed by atoms with van der Waals surface area (Å²) >= 11 is 7.72. The predicted octanol–water partition coefficient (Wildman–Crippen LogP) is 5.46. The Hall–Kier alpha value is -3.82. The summed E-state index contributed by atoms with van der Waals surface area (Å²) in [6, 6.07) is 20.2. The molecule has 0 unspecified atom stereocenters. The van der Waals surface area contributed by atoms with Crippen LogP contribution in [0.1, 0.15) is 11.5 Å². The summed E-state index contributed by atoms with van der Waals surface area (Å²) in [4.78, 5) is 22.7. The Labute approximate surface area is 215 Å². The lowest BCUT2D eigenvalue weighted by Gasteiger charge is -2.13. The average Bonchev–Trinajstić information content (AvgIpc) is 3.38. The minimum atomic E-state index is -0.143. The SMILES string of the molecule is COc1cccc(-c2noc(CSc3nc4ccccc4c(=O)n3Cc3ccccc3Cl)n2)c1OC. The van der Waals surface area contributed by atoms with Gasteiger partial charge in [-0.1, -0.05) is 64.9 Å². The Bertz CT molecular complexity index is 1600. The largest absolute Gasteiger partial charge is 0.493 e. The van der Waals surface area contributed by atoms with Crippen LogP contribution in [0.4, 0.5) is 0 Å². The Morgan fingerprint density at radius 1 is 0.972 bits per heavy atom. The van der Waals surface area contributed by atoms with Gasteiger partial charge in [-0.15, -0.1) is 0 Å². The van der Waals surface area contributed by atoms with Gasteiger partial charge in [-0.05, 0) is 35.9 Å². The van der Waals surface area contributed by atoms with E-state index in [1.54, 1.807) is 37.0 Å². The summed E-state index contributed by atoms with van der Waals surface area (Å²) in [5, 5.41) is 5.76. The molecule has 0 bridgehead atoms. The first-order valence-corrected chi connectivity index (χ1v) is 12.3. The van der Waals surface area contributed by atoms with E-state index in [-0.39, 0.29) is 12.1 Å². The molecule has 5 aromatic rings. The minimum Gasteiger partial charge on any atom is -0.493 e. The standard InChI is InChI=1S/C26H21ClN4O4S/c1-33-21-13-7-10-18(23(21)34-2)24-29-22(35-30-24)15-36-26-28-20-12-6-4-9-17(20)25(32)31(26)14-16-8-3-5-11-19(16)27/h3-13H,14-15H2,1-2H3. The molecule has 0 saturated heterocycles. The average molecular weight is 521 g/mol. The summed E-state index contributed by atoms with van der Waals surface area (Å²) < 4.78 is 18.0. The molecular formula is C26H21ClN4O4S. The van der Waals surface area contributed by atoms with Gasteiger partial charge in [0.25, 0.3) is 5.56 Å². The van der Waals surface area contributed by atoms with Gasteiger partial charge < -0.3 is 14.0 Å². The van der Waals surface area contributed by atoms with Crippen molar-refractivity contribution < 1.29 is 14.0 Å². The zero-order chi connectivity index (χ0) is 25.1. The van der Waals surface area contributed by atoms with E-state index in [9.17, 15) is 4.79 Å². The molecule has 0 spiro atoms. The molecule has 0 aliphatic carbocycles. The van der Waals surface area contributed by atoms with Crippen molar-refractivity contribution in [1.29, 1.82) is 0 Å². The summed E-state index contributed by atoms with van der Waals surface area (Å²) in [6.45, 7) is 0.286. The highest BCUT2D eigenvalue weighted by atomic mass is 35.5. The molecule has 0 saturated carbocycles. The van der Waals surface area contributed by atoms with Gasteiger partial charge in [-0.25, -0.2) is 4.98 Å². The maximum absolute atomic E-state index is 13.4. The second-order valence-corrected chi connectivity index (χ2v) is 9.09. The lowest BCUT2D eigenvalue weighted by atomic mass is 10.2. The van der Waals surface area contributed by atoms with Gasteiger partial charge in [0.15, 0.2) is 16.7 Å². The highest BCUT2D eigenvalue weighted by Crippen LogP contribution is 2.36. The van der Waals surface area contributed by atoms with Crippen LogP contribution in [0.2, 0.25) is 5.02 Å². The minimum absolute atomic E-state index is 0.143. The fourth-order valence-corrected chi connectivity index (χ4v) is 4.84. The molecule has 5 rings (SSSR count). The summed E-state index contributed by atoms with van der Waals surface area (Å²) in [5.74, 6) is 2.16. The van der Waals surface area contributed by atoms with Crippen LogP contribution in [0.3, 0.4) is 0 Å². The number of rotatable bonds is 8. The molecule has 0 amide bonds. The number of methoxy groups -OCH3 is 2. The van der Waals surface area contributed by atoms with Gasteiger partial charge in [-0.3, -0.25) is 9.36 Å². The van der Waals surface area contributed by atoms with E-state index in [2.05, 4.69) is 10.1 Å². The number of hydrogen-bond donors (Lipinski definition) is 0. The molecule has 0 aliphatic rings. The van der Waals surface area contributed by atoms with Crippen LogP contribution < -0.4 is 15.0 Å². The normalized spacial score (nSPS) is 11.1. The first kappa shape index (κ1) is 23.9. The molecule has 8 nitrogen and oxygen atoms in total. The van der Waals surface area contributed by atoms with Gasteiger partial charge in [0.05, 0.1) is 43.0 Å². The molecule has 36 heavy (non-hydrogen) atoms. The van der Waals surface area contributed by atoms with Crippen LogP contribution in [0, 0.1) is 0 Å². The van der Waals surface area contributed by atoms with Gasteiger partial charge in [0.2, 0.25) is 11.7 Å². The number of thioether (sulfide) groups is 1. The van der Waals surface area contributed by atoms with Crippen molar-refractivity contribution in [3.05, 3.63) is 93.6 Å². The van der Waals surface area contributed by atoms with E-state index < -0.39 is 0 Å². The maximum Gasteiger partial charge on any atom is 0.262 e. The number of hydrogen-bond acceptors (Lipinski definition) is 8. The predicted molar refractivity (Wildman–Crippen MR) is 139 cm³/mol. The number of aromatic nitrogens is 4. The quantitative estimate of drug-likeness (QED) is 0.197. The molecule has 2 heterocycles. The number of benzene rings is 3. The summed E-state index contributed by atoms with van der Waals surface area (Å²) in [5.41, 5.74) is 1.95. The molecule has 0 atom stereocenters. The fraction of sp³-hybridized carbons (Fsp3) is 0.154. The number of fused-ring (bicyclic) bond motifs is 1. The Balaban J connectivity index is 1.47. The van der Waals surface area contributed by atoms with Crippen LogP contribution in [-0.4, -0.2) is 33.9 Å². The van der Waals surface area contributed by atoms with Crippen LogP contribution in [0.5, 0.6) is 11.5 Å². The van der Waals surface area contributed by atoms with Crippen molar-refractivity contribution in [3.63, 3.8) is 0 Å². The van der Waals surface area contributed by atoms with Gasteiger partial charge in [0.1, 0.15) is 0 Å². The fourth-order valence-electron chi connectivity index (χ4n) is 3.81. The zero-order valence-corrected chi connectivity index (χ0v) is 21.0. The Morgan fingerprint density at radius 2 is 1.78 bits per heavy atom. The molecule has 0 N–H and O–H groups in total. The van der Waals surface area contributed by atoms with E-state index in [0.717, 1.165) is 5.56 Å². The molecular weight excluding hydrogens is 500 g/mol. The zero-order valence-electron chi connectivity index (χ0n) is 19.5. The highest BCUT2D eigenvalue weighted by molar-refractivity contribution is 7.98. The van der Waals surface area contributed by atoms with E-state index in [1.807, 2.05) is 48.5 Å². The third kappa shape index (κ3) is 4.67. The van der Waals surface area contributed by atoms with E-state index >= 15 is 0 Å². The summed E-state index contributed by atoms with van der Waals surface area (Å²) in [6.07, 6.45) is 0. The number of para-hydroxylation sites is 2. The second-order valence-electron chi connectivity index (χ2n) is 7.74. The lowest BCUT2D eigenvalue weighted by Crippen LogP contribution is -2.24. The van der Waals surface area contributed by atoms with Crippen LogP contribution >= 0.6 is 23.4 Å². The van der Waals surface area contributed by atoms with E-state index in [1.165, 1.54) is 11.8 Å². The molecule has 0 aliphatic heterocycles. The van der Waals surface area contributed by atoms with E-state index in [0.29, 0.717) is 55.6 Å². The first-order chi connectivity index (χ1) is 17.6. The van der Waals surface area contributed by atoms with Gasteiger partial charge in [-0.2, -0.15) is 4.98 Å². The van der Waals surface area contributed by atoms with Crippen molar-refractivity contribution in [2.24, 2.45) is 0 Å². The Kier molecular flexibility index (Phi) is 6.92. The number of halogens is 1. The third-order valence-corrected chi connectivity index (χ3v) is 6.88. The van der Waals surface area contributed by atoms with E-state index in [4.69, 9.17) is 30.6 Å². The lowest BCUT2D eigenvalue weighted by molar-refractivity contribution is 0.355. The number of nitrogens with zero attached hydrogens (tertiary/aromatic N) is 4. The monoisotopic (exact) mass is 520 g/mol. The van der Waals surface area contributed by atoms with Crippen LogP contribution in [-0.2, 0) is 12.3 Å². The smallest absolute Gasteiger partial charge is 0.262 e. The second kappa shape index (κ2) is 10.4. The van der Waals surface area contributed by atoms with Crippen molar-refractivity contribution in [2.75, 3.05) is 14.2 Å². The topological polar surface area (TPSA) is 92.3 Å². The van der Waals surface area contributed by atoms with Crippen molar-refractivity contribution in [2.45, 2.75) is 17.5 Å². The molecule has 2 aromatic heterocycles. The Morgan fingerprint density at radius 3 is 2.58 bits per heavy atom. The third-order valence-electron chi connectivity index (χ3n) is 5.55. The van der Waals surface area contributed by atoms with Crippen molar-refractivity contribution in [1.82, 2.24) is 19.7 Å². The molecule has 182 valence electrons. The van der Waals surface area contributed by atoms with Crippen molar-refractivity contribution >= 4 is 34.3 Å². The van der Waals surface area contributed by atoms with Crippen LogP contribution in [0.25, 0.3) is 22.3 Å². The van der Waals surface area contributed by atoms with Gasteiger partial charge >= 0.3 is 0 Å². The first-order valence-electron chi connectivity index (χ1n) is 11.0. The van der Waals surface area contributed by atoms with Gasteiger partial charge in [0, 0.05) is 5.02 Å². The molecule has 0 fully saturated rings. The molecule has 10 heteroatoms.